The Balaban J connectivity index is 2.67. The third kappa shape index (κ3) is 3.54. The quantitative estimate of drug-likeness (QED) is 0.300. The van der Waals surface area contributed by atoms with Crippen LogP contribution in [0.2, 0.25) is 0 Å². The molecule has 1 saturated heterocycles. The zero-order valence-corrected chi connectivity index (χ0v) is 9.69. The molecule has 1 N–H and O–H groups in total. The number of amides is 1. The van der Waals surface area contributed by atoms with Crippen molar-refractivity contribution >= 4 is 23.4 Å². The molecule has 94 valence electrons. The van der Waals surface area contributed by atoms with Crippen molar-refractivity contribution in [2.24, 2.45) is 5.16 Å². The van der Waals surface area contributed by atoms with E-state index in [-0.39, 0.29) is 12.5 Å². The Bertz CT molecular complexity index is 364. The monoisotopic (exact) mass is 242 g/mol. The van der Waals surface area contributed by atoms with Crippen LogP contribution in [0.25, 0.3) is 0 Å². The van der Waals surface area contributed by atoms with Crippen LogP contribution in [-0.2, 0) is 24.0 Å². The fourth-order valence-corrected chi connectivity index (χ4v) is 1.23. The first-order valence-electron chi connectivity index (χ1n) is 5.25. The van der Waals surface area contributed by atoms with E-state index in [1.165, 1.54) is 6.92 Å². The highest BCUT2D eigenvalue weighted by atomic mass is 16.6. The fraction of sp³-hybridized carbons (Fsp3) is 0.600. The summed E-state index contributed by atoms with van der Waals surface area (Å²) in [5, 5.41) is 5.95. The highest BCUT2D eigenvalue weighted by molar-refractivity contribution is 6.63. The van der Waals surface area contributed by atoms with Crippen molar-refractivity contribution in [2.45, 2.75) is 26.4 Å². The van der Waals surface area contributed by atoms with Gasteiger partial charge in [-0.05, 0) is 6.92 Å². The number of ether oxygens (including phenoxy) is 1. The van der Waals surface area contributed by atoms with E-state index in [1.54, 1.807) is 6.92 Å². The van der Waals surface area contributed by atoms with Gasteiger partial charge in [0.1, 0.15) is 0 Å². The van der Waals surface area contributed by atoms with Crippen LogP contribution in [-0.4, -0.2) is 42.6 Å². The maximum Gasteiger partial charge on any atom is 0.364 e. The Labute approximate surface area is 98.1 Å². The number of ketones is 1. The van der Waals surface area contributed by atoms with Crippen molar-refractivity contribution in [3.8, 4) is 0 Å². The van der Waals surface area contributed by atoms with Gasteiger partial charge in [0.05, 0.1) is 6.61 Å². The zero-order chi connectivity index (χ0) is 12.8. The second kappa shape index (κ2) is 5.97. The third-order valence-electron chi connectivity index (χ3n) is 2.07. The highest BCUT2D eigenvalue weighted by Crippen LogP contribution is 2.05. The van der Waals surface area contributed by atoms with Crippen LogP contribution in [0.4, 0.5) is 0 Å². The van der Waals surface area contributed by atoms with E-state index in [2.05, 4.69) is 15.2 Å². The second-order valence-electron chi connectivity index (χ2n) is 3.39. The first-order chi connectivity index (χ1) is 8.06. The predicted molar refractivity (Wildman–Crippen MR) is 57.2 cm³/mol. The lowest BCUT2D eigenvalue weighted by atomic mass is 10.3. The van der Waals surface area contributed by atoms with E-state index in [0.29, 0.717) is 13.0 Å². The number of hydrogen-bond donors (Lipinski definition) is 1. The molecule has 1 unspecified atom stereocenters. The van der Waals surface area contributed by atoms with Crippen LogP contribution >= 0.6 is 0 Å². The molecule has 1 aliphatic heterocycles. The molecular weight excluding hydrogens is 228 g/mol. The standard InChI is InChI=1S/C10H14N2O5/c1-3-16-10(15)8(6(2)13)12-17-7-4-5-11-9(7)14/h7H,3-5H2,1-2H3,(H,11,14). The number of Topliss-reactive ketones (excluding diaryl/α,β-unsaturated/α-hetero) is 1. The van der Waals surface area contributed by atoms with Crippen molar-refractivity contribution in [1.82, 2.24) is 5.32 Å². The van der Waals surface area contributed by atoms with E-state index < -0.39 is 23.6 Å². The van der Waals surface area contributed by atoms with E-state index >= 15 is 0 Å². The van der Waals surface area contributed by atoms with Crippen LogP contribution < -0.4 is 5.32 Å². The molecule has 0 radical (unpaired) electrons. The van der Waals surface area contributed by atoms with Gasteiger partial charge in [-0.25, -0.2) is 4.79 Å². The van der Waals surface area contributed by atoms with Crippen LogP contribution in [0.15, 0.2) is 5.16 Å². The van der Waals surface area contributed by atoms with Crippen molar-refractivity contribution in [2.75, 3.05) is 13.2 Å². The lowest BCUT2D eigenvalue weighted by molar-refractivity contribution is -0.137. The molecule has 0 spiro atoms. The van der Waals surface area contributed by atoms with Gasteiger partial charge in [0, 0.05) is 19.9 Å². The van der Waals surface area contributed by atoms with Gasteiger partial charge < -0.3 is 14.9 Å². The van der Waals surface area contributed by atoms with Crippen molar-refractivity contribution in [3.05, 3.63) is 0 Å². The van der Waals surface area contributed by atoms with E-state index in [9.17, 15) is 14.4 Å². The van der Waals surface area contributed by atoms with Gasteiger partial charge in [-0.1, -0.05) is 5.16 Å². The van der Waals surface area contributed by atoms with Gasteiger partial charge in [0.15, 0.2) is 5.78 Å². The SMILES string of the molecule is CCOC(=O)C(=NOC1CCNC1=O)C(C)=O. The molecule has 0 aromatic rings. The molecule has 0 aromatic carbocycles. The second-order valence-corrected chi connectivity index (χ2v) is 3.39. The summed E-state index contributed by atoms with van der Waals surface area (Å²) >= 11 is 0. The first-order valence-corrected chi connectivity index (χ1v) is 5.25. The van der Waals surface area contributed by atoms with Crippen LogP contribution in [0.1, 0.15) is 20.3 Å². The topological polar surface area (TPSA) is 94.1 Å². The Hall–Kier alpha value is -1.92. The molecule has 1 aliphatic rings. The summed E-state index contributed by atoms with van der Waals surface area (Å²) in [4.78, 5) is 38.5. The molecule has 17 heavy (non-hydrogen) atoms. The van der Waals surface area contributed by atoms with E-state index in [4.69, 9.17) is 4.84 Å². The Morgan fingerprint density at radius 1 is 1.53 bits per heavy atom. The number of nitrogens with one attached hydrogen (secondary N) is 1. The minimum absolute atomic E-state index is 0.134. The van der Waals surface area contributed by atoms with Gasteiger partial charge >= 0.3 is 5.97 Å². The first kappa shape index (κ1) is 13.1. The number of nitrogens with zero attached hydrogens (tertiary/aromatic N) is 1. The van der Waals surface area contributed by atoms with E-state index in [0.717, 1.165) is 0 Å². The third-order valence-corrected chi connectivity index (χ3v) is 2.07. The minimum atomic E-state index is -0.849. The number of rotatable bonds is 5. The Morgan fingerprint density at radius 3 is 2.71 bits per heavy atom. The molecule has 1 amide bonds. The van der Waals surface area contributed by atoms with Gasteiger partial charge in [-0.15, -0.1) is 0 Å². The molecule has 0 aromatic heterocycles. The smallest absolute Gasteiger partial charge is 0.364 e. The maximum absolute atomic E-state index is 11.3. The lowest BCUT2D eigenvalue weighted by Gasteiger charge is -2.06. The molecule has 7 heteroatoms. The van der Waals surface area contributed by atoms with Crippen molar-refractivity contribution in [3.63, 3.8) is 0 Å². The van der Waals surface area contributed by atoms with E-state index in [1.807, 2.05) is 0 Å². The summed E-state index contributed by atoms with van der Waals surface area (Å²) in [5.74, 6) is -1.72. The molecule has 1 rings (SSSR count). The molecule has 1 heterocycles. The van der Waals surface area contributed by atoms with Crippen LogP contribution in [0.5, 0.6) is 0 Å². The molecule has 1 fully saturated rings. The predicted octanol–water partition coefficient (Wildman–Crippen LogP) is -0.600. The lowest BCUT2D eigenvalue weighted by Crippen LogP contribution is -2.28. The van der Waals surface area contributed by atoms with Crippen molar-refractivity contribution in [1.29, 1.82) is 0 Å². The van der Waals surface area contributed by atoms with Gasteiger partial charge in [-0.2, -0.15) is 0 Å². The highest BCUT2D eigenvalue weighted by Gasteiger charge is 2.27. The average Bonchev–Trinajstić information content (AvgIpc) is 2.64. The Morgan fingerprint density at radius 2 is 2.24 bits per heavy atom. The van der Waals surface area contributed by atoms with Crippen LogP contribution in [0.3, 0.4) is 0 Å². The fourth-order valence-electron chi connectivity index (χ4n) is 1.23. The number of hydrogen-bond acceptors (Lipinski definition) is 6. The summed E-state index contributed by atoms with van der Waals surface area (Å²) in [6.07, 6.45) is -0.296. The normalized spacial score (nSPS) is 19.8. The summed E-state index contributed by atoms with van der Waals surface area (Å²) in [7, 11) is 0. The van der Waals surface area contributed by atoms with Crippen molar-refractivity contribution < 1.29 is 24.0 Å². The summed E-state index contributed by atoms with van der Waals surface area (Å²) < 4.78 is 4.64. The number of oxime groups is 1. The molecule has 7 nitrogen and oxygen atoms in total. The van der Waals surface area contributed by atoms with Gasteiger partial charge in [0.2, 0.25) is 11.8 Å². The average molecular weight is 242 g/mol. The molecule has 0 bridgehead atoms. The minimum Gasteiger partial charge on any atom is -0.461 e. The molecular formula is C10H14N2O5. The summed E-state index contributed by atoms with van der Waals surface area (Å²) in [5.41, 5.74) is -0.438. The Kier molecular flexibility index (Phi) is 4.62. The molecule has 0 saturated carbocycles. The van der Waals surface area contributed by atoms with Crippen LogP contribution in [0, 0.1) is 0 Å². The van der Waals surface area contributed by atoms with Gasteiger partial charge in [-0.3, -0.25) is 9.59 Å². The number of carbonyl (C=O) groups excluding carboxylic acids is 3. The maximum atomic E-state index is 11.3. The summed E-state index contributed by atoms with van der Waals surface area (Å²) in [6, 6.07) is 0. The molecule has 0 aliphatic carbocycles. The largest absolute Gasteiger partial charge is 0.461 e. The summed E-state index contributed by atoms with van der Waals surface area (Å²) in [6.45, 7) is 3.41. The number of carbonyl (C=O) groups is 3. The zero-order valence-electron chi connectivity index (χ0n) is 9.69. The number of esters is 1. The molecule has 1 atom stereocenters. The van der Waals surface area contributed by atoms with Gasteiger partial charge in [0.25, 0.3) is 5.91 Å².